The van der Waals surface area contributed by atoms with Crippen LogP contribution >= 0.6 is 0 Å². The summed E-state index contributed by atoms with van der Waals surface area (Å²) in [6.45, 7) is 1.17. The minimum Gasteiger partial charge on any atom is -0.497 e. The fraction of sp³-hybridized carbons (Fsp3) is 0.571. The molecule has 1 saturated heterocycles. The Hall–Kier alpha value is -2.61. The molecule has 1 aliphatic heterocycles. The van der Waals surface area contributed by atoms with Gasteiger partial charge in [0.15, 0.2) is 0 Å². The van der Waals surface area contributed by atoms with E-state index < -0.39 is 6.04 Å². The maximum Gasteiger partial charge on any atom is 0.251 e. The molecule has 3 rings (SSSR count). The van der Waals surface area contributed by atoms with Crippen LogP contribution in [0.5, 0.6) is 5.75 Å². The van der Waals surface area contributed by atoms with Crippen LogP contribution in [0.1, 0.15) is 36.0 Å². The second-order valence-corrected chi connectivity index (χ2v) is 7.61. The molecule has 1 atom stereocenters. The molecule has 1 aromatic rings. The van der Waals surface area contributed by atoms with Crippen molar-refractivity contribution < 1.29 is 23.9 Å². The van der Waals surface area contributed by atoms with E-state index in [4.69, 9.17) is 9.47 Å². The van der Waals surface area contributed by atoms with E-state index in [1.807, 2.05) is 0 Å². The molecule has 0 radical (unpaired) electrons. The first kappa shape index (κ1) is 21.1. The van der Waals surface area contributed by atoms with Gasteiger partial charge in [-0.15, -0.1) is 0 Å². The molecule has 0 aromatic heterocycles. The highest BCUT2D eigenvalue weighted by molar-refractivity contribution is 5.97. The van der Waals surface area contributed by atoms with E-state index in [0.717, 1.165) is 12.8 Å². The summed E-state index contributed by atoms with van der Waals surface area (Å²) in [4.78, 5) is 39.3. The first-order chi connectivity index (χ1) is 14.0. The van der Waals surface area contributed by atoms with Crippen molar-refractivity contribution in [2.24, 2.45) is 5.92 Å². The van der Waals surface area contributed by atoms with Gasteiger partial charge in [0.1, 0.15) is 18.4 Å². The van der Waals surface area contributed by atoms with Crippen molar-refractivity contribution in [3.05, 3.63) is 29.8 Å². The van der Waals surface area contributed by atoms with Crippen LogP contribution in [0.3, 0.4) is 0 Å². The Bertz CT molecular complexity index is 724. The van der Waals surface area contributed by atoms with Crippen LogP contribution in [0.4, 0.5) is 0 Å². The molecule has 158 valence electrons. The lowest BCUT2D eigenvalue weighted by Gasteiger charge is -2.35. The molecule has 29 heavy (non-hydrogen) atoms. The van der Waals surface area contributed by atoms with E-state index in [9.17, 15) is 14.4 Å². The Balaban J connectivity index is 1.65. The molecule has 8 nitrogen and oxygen atoms in total. The van der Waals surface area contributed by atoms with Gasteiger partial charge < -0.3 is 25.0 Å². The Labute approximate surface area is 170 Å². The van der Waals surface area contributed by atoms with Crippen LogP contribution in [0.15, 0.2) is 24.3 Å². The minimum absolute atomic E-state index is 0.0254. The highest BCUT2D eigenvalue weighted by Gasteiger charge is 2.36. The molecule has 1 aromatic carbocycles. The number of carbonyl (C=O) groups is 3. The van der Waals surface area contributed by atoms with Crippen molar-refractivity contribution in [2.75, 3.05) is 33.9 Å². The van der Waals surface area contributed by atoms with E-state index in [1.54, 1.807) is 36.3 Å². The quantitative estimate of drug-likeness (QED) is 0.674. The molecule has 8 heteroatoms. The van der Waals surface area contributed by atoms with Crippen molar-refractivity contribution in [1.29, 1.82) is 0 Å². The third kappa shape index (κ3) is 5.69. The summed E-state index contributed by atoms with van der Waals surface area (Å²) in [6, 6.07) is 6.38. The van der Waals surface area contributed by atoms with Crippen LogP contribution in [0, 0.1) is 5.92 Å². The summed E-state index contributed by atoms with van der Waals surface area (Å²) in [5, 5.41) is 5.93. The molecule has 3 amide bonds. The van der Waals surface area contributed by atoms with E-state index in [-0.39, 0.29) is 36.3 Å². The van der Waals surface area contributed by atoms with Gasteiger partial charge in [-0.3, -0.25) is 14.4 Å². The molecule has 2 aliphatic rings. The summed E-state index contributed by atoms with van der Waals surface area (Å²) in [7, 11) is 3.06. The van der Waals surface area contributed by atoms with E-state index in [0.29, 0.717) is 37.2 Å². The van der Waals surface area contributed by atoms with Gasteiger partial charge in [-0.1, -0.05) is 0 Å². The predicted octanol–water partition coefficient (Wildman–Crippen LogP) is 0.957. The first-order valence-corrected chi connectivity index (χ1v) is 10.0. The third-order valence-electron chi connectivity index (χ3n) is 5.48. The average Bonchev–Trinajstić information content (AvgIpc) is 3.56. The zero-order chi connectivity index (χ0) is 20.8. The van der Waals surface area contributed by atoms with Gasteiger partial charge in [-0.2, -0.15) is 0 Å². The van der Waals surface area contributed by atoms with Crippen molar-refractivity contribution in [3.63, 3.8) is 0 Å². The smallest absolute Gasteiger partial charge is 0.251 e. The van der Waals surface area contributed by atoms with E-state index in [2.05, 4.69) is 10.6 Å². The lowest BCUT2D eigenvalue weighted by atomic mass is 9.88. The lowest BCUT2D eigenvalue weighted by Crippen LogP contribution is -2.54. The third-order valence-corrected chi connectivity index (χ3v) is 5.48. The number of methoxy groups -OCH3 is 2. The Kier molecular flexibility index (Phi) is 7.09. The van der Waals surface area contributed by atoms with Gasteiger partial charge in [-0.25, -0.2) is 0 Å². The topological polar surface area (TPSA) is 97.0 Å². The van der Waals surface area contributed by atoms with E-state index in [1.165, 1.54) is 7.11 Å². The monoisotopic (exact) mass is 403 g/mol. The Morgan fingerprint density at radius 1 is 1.07 bits per heavy atom. The highest BCUT2D eigenvalue weighted by Crippen LogP contribution is 2.24. The lowest BCUT2D eigenvalue weighted by molar-refractivity contribution is -0.136. The minimum atomic E-state index is -0.620. The zero-order valence-electron chi connectivity index (χ0n) is 17.0. The van der Waals surface area contributed by atoms with E-state index >= 15 is 0 Å². The normalized spacial score (nSPS) is 18.1. The highest BCUT2D eigenvalue weighted by atomic mass is 16.5. The number of hydrogen-bond acceptors (Lipinski definition) is 5. The van der Waals surface area contributed by atoms with Gasteiger partial charge in [0.05, 0.1) is 7.11 Å². The number of likely N-dealkylation sites (tertiary alicyclic amines) is 1. The second kappa shape index (κ2) is 9.73. The molecular formula is C21H29N3O5. The van der Waals surface area contributed by atoms with Gasteiger partial charge in [0, 0.05) is 31.8 Å². The number of amides is 3. The molecule has 1 saturated carbocycles. The molecule has 1 aliphatic carbocycles. The van der Waals surface area contributed by atoms with Gasteiger partial charge in [-0.05, 0) is 55.9 Å². The number of ether oxygens (including phenoxy) is 2. The van der Waals surface area contributed by atoms with Crippen molar-refractivity contribution in [1.82, 2.24) is 15.5 Å². The molecule has 0 bridgehead atoms. The maximum atomic E-state index is 12.8. The first-order valence-electron chi connectivity index (χ1n) is 10.0. The van der Waals surface area contributed by atoms with Crippen LogP contribution in [0.2, 0.25) is 0 Å². The average molecular weight is 403 g/mol. The van der Waals surface area contributed by atoms with Crippen molar-refractivity contribution in [2.45, 2.75) is 37.8 Å². The SMILES string of the molecule is COCC(=O)N1CCC(C(NC(=O)c2ccc(OC)cc2)C(=O)NC2CC2)CC1. The van der Waals surface area contributed by atoms with Crippen LogP contribution in [-0.4, -0.2) is 68.6 Å². The Morgan fingerprint density at radius 3 is 2.28 bits per heavy atom. The molecule has 2 N–H and O–H groups in total. The fourth-order valence-electron chi connectivity index (χ4n) is 3.58. The molecule has 2 fully saturated rings. The summed E-state index contributed by atoms with van der Waals surface area (Å²) < 4.78 is 10.0. The molecule has 1 unspecified atom stereocenters. The number of carbonyl (C=O) groups excluding carboxylic acids is 3. The van der Waals surface area contributed by atoms with Crippen molar-refractivity contribution >= 4 is 17.7 Å². The summed E-state index contributed by atoms with van der Waals surface area (Å²) in [5.74, 6) is 0.157. The second-order valence-electron chi connectivity index (χ2n) is 7.61. The predicted molar refractivity (Wildman–Crippen MR) is 107 cm³/mol. The standard InChI is InChI=1S/C21H29N3O5/c1-28-13-18(25)24-11-9-14(10-12-24)19(21(27)22-16-5-6-16)23-20(26)15-3-7-17(29-2)8-4-15/h3-4,7-8,14,16,19H,5-6,9-13H2,1-2H3,(H,22,27)(H,23,26). The number of nitrogens with zero attached hydrogens (tertiary/aromatic N) is 1. The summed E-state index contributed by atoms with van der Waals surface area (Å²) in [5.41, 5.74) is 0.475. The molecule has 1 heterocycles. The van der Waals surface area contributed by atoms with Crippen LogP contribution in [0.25, 0.3) is 0 Å². The summed E-state index contributed by atoms with van der Waals surface area (Å²) in [6.07, 6.45) is 3.27. The number of nitrogens with one attached hydrogen (secondary N) is 2. The van der Waals surface area contributed by atoms with Gasteiger partial charge in [0.25, 0.3) is 5.91 Å². The number of rotatable bonds is 8. The zero-order valence-corrected chi connectivity index (χ0v) is 17.0. The van der Waals surface area contributed by atoms with Crippen LogP contribution < -0.4 is 15.4 Å². The molecule has 0 spiro atoms. The number of benzene rings is 1. The van der Waals surface area contributed by atoms with Crippen LogP contribution in [-0.2, 0) is 14.3 Å². The molecular weight excluding hydrogens is 374 g/mol. The number of piperidine rings is 1. The fourth-order valence-corrected chi connectivity index (χ4v) is 3.58. The maximum absolute atomic E-state index is 12.8. The largest absolute Gasteiger partial charge is 0.497 e. The van der Waals surface area contributed by atoms with Gasteiger partial charge in [0.2, 0.25) is 11.8 Å². The summed E-state index contributed by atoms with van der Waals surface area (Å²) >= 11 is 0. The Morgan fingerprint density at radius 2 is 1.72 bits per heavy atom. The number of hydrogen-bond donors (Lipinski definition) is 2. The van der Waals surface area contributed by atoms with Gasteiger partial charge >= 0.3 is 0 Å². The van der Waals surface area contributed by atoms with Crippen molar-refractivity contribution in [3.8, 4) is 5.75 Å².